The number of nitrogens with one attached hydrogen (secondary N) is 3. The molecule has 0 aliphatic carbocycles. The molecule has 0 saturated heterocycles. The average molecular weight is 498 g/mol. The van der Waals surface area contributed by atoms with Gasteiger partial charge in [-0.1, -0.05) is 12.1 Å². The third kappa shape index (κ3) is 4.97. The van der Waals surface area contributed by atoms with Crippen LogP contribution in [0.5, 0.6) is 0 Å². The van der Waals surface area contributed by atoms with Gasteiger partial charge in [0.15, 0.2) is 5.65 Å². The summed E-state index contributed by atoms with van der Waals surface area (Å²) < 4.78 is 40.1. The topological polar surface area (TPSA) is 121 Å². The number of hydrogen-bond acceptors (Lipinski definition) is 5. The van der Waals surface area contributed by atoms with Crippen LogP contribution in [0.1, 0.15) is 25.1 Å². The number of nitrogens with zero attached hydrogens (tertiary/aromatic N) is 3. The summed E-state index contributed by atoms with van der Waals surface area (Å²) >= 11 is 0. The smallest absolute Gasteiger partial charge is 0.345 e. The van der Waals surface area contributed by atoms with Crippen LogP contribution < -0.4 is 16.2 Å². The quantitative estimate of drug-likeness (QED) is 0.389. The van der Waals surface area contributed by atoms with Crippen LogP contribution in [-0.4, -0.2) is 37.4 Å². The molecule has 0 bridgehead atoms. The summed E-state index contributed by atoms with van der Waals surface area (Å²) in [7, 11) is 0. The lowest BCUT2D eigenvalue weighted by molar-refractivity contribution is -0.137. The lowest BCUT2D eigenvalue weighted by atomic mass is 10.0. The van der Waals surface area contributed by atoms with Crippen molar-refractivity contribution in [2.45, 2.75) is 33.0 Å². The molecule has 3 aromatic heterocycles. The van der Waals surface area contributed by atoms with Crippen LogP contribution in [0.15, 0.2) is 53.5 Å². The number of rotatable bonds is 5. The molecule has 0 saturated carbocycles. The Morgan fingerprint density at radius 1 is 1.08 bits per heavy atom. The van der Waals surface area contributed by atoms with E-state index in [9.17, 15) is 27.6 Å². The van der Waals surface area contributed by atoms with E-state index in [4.69, 9.17) is 0 Å². The Hall–Kier alpha value is -4.48. The molecule has 0 fully saturated rings. The molecule has 0 spiro atoms. The van der Waals surface area contributed by atoms with Crippen LogP contribution in [0, 0.1) is 6.92 Å². The number of benzene rings is 1. The number of amides is 2. The number of aromatic nitrogens is 4. The van der Waals surface area contributed by atoms with Gasteiger partial charge in [0.05, 0.1) is 11.3 Å². The highest BCUT2D eigenvalue weighted by Gasteiger charge is 2.30. The number of halogens is 3. The van der Waals surface area contributed by atoms with Crippen LogP contribution >= 0.6 is 0 Å². The first-order valence-corrected chi connectivity index (χ1v) is 10.8. The number of pyridine rings is 1. The first-order valence-electron chi connectivity index (χ1n) is 10.8. The molecule has 1 atom stereocenters. The Bertz CT molecular complexity index is 1510. The second-order valence-corrected chi connectivity index (χ2v) is 8.17. The number of anilines is 1. The van der Waals surface area contributed by atoms with Crippen molar-refractivity contribution in [3.63, 3.8) is 0 Å². The first-order chi connectivity index (χ1) is 16.9. The van der Waals surface area contributed by atoms with E-state index in [1.54, 1.807) is 13.0 Å². The van der Waals surface area contributed by atoms with E-state index in [1.165, 1.54) is 48.8 Å². The third-order valence-electron chi connectivity index (χ3n) is 5.42. The van der Waals surface area contributed by atoms with Gasteiger partial charge in [0.1, 0.15) is 11.9 Å². The van der Waals surface area contributed by atoms with Crippen LogP contribution in [0.4, 0.5) is 19.0 Å². The van der Waals surface area contributed by atoms with Gasteiger partial charge in [0.2, 0.25) is 11.8 Å². The number of alkyl halides is 3. The number of carbonyl (C=O) groups is 2. The second kappa shape index (κ2) is 9.29. The Labute approximate surface area is 202 Å². The van der Waals surface area contributed by atoms with Crippen molar-refractivity contribution in [2.75, 3.05) is 5.32 Å². The number of hydrogen-bond donors (Lipinski definition) is 3. The fourth-order valence-corrected chi connectivity index (χ4v) is 3.69. The van der Waals surface area contributed by atoms with Crippen molar-refractivity contribution < 1.29 is 22.8 Å². The number of H-pyrrole nitrogens is 1. The molecule has 3 heterocycles. The minimum absolute atomic E-state index is 0.238. The SMILES string of the molecule is CC(=O)N[C@@H](C)C(=O)Nc1ccc(-c2cc(=O)n3[nH]c(C)c(-c4ccc(C(F)(F)F)cc4)c3n2)cn1. The maximum Gasteiger partial charge on any atom is 0.416 e. The van der Waals surface area contributed by atoms with Gasteiger partial charge in [-0.15, -0.1) is 0 Å². The number of carbonyl (C=O) groups excluding carboxylic acids is 2. The Morgan fingerprint density at radius 3 is 2.33 bits per heavy atom. The predicted molar refractivity (Wildman–Crippen MR) is 126 cm³/mol. The minimum Gasteiger partial charge on any atom is -0.345 e. The summed E-state index contributed by atoms with van der Waals surface area (Å²) in [5.41, 5.74) is 1.34. The highest BCUT2D eigenvalue weighted by molar-refractivity contribution is 5.96. The molecule has 2 amide bonds. The molecule has 3 N–H and O–H groups in total. The first kappa shape index (κ1) is 24.6. The van der Waals surface area contributed by atoms with Gasteiger partial charge in [-0.2, -0.15) is 13.2 Å². The second-order valence-electron chi connectivity index (χ2n) is 8.17. The fourth-order valence-electron chi connectivity index (χ4n) is 3.69. The monoisotopic (exact) mass is 498 g/mol. The van der Waals surface area contributed by atoms with Gasteiger partial charge in [-0.05, 0) is 43.7 Å². The van der Waals surface area contributed by atoms with Crippen LogP contribution in [-0.2, 0) is 15.8 Å². The van der Waals surface area contributed by atoms with E-state index in [-0.39, 0.29) is 17.4 Å². The summed E-state index contributed by atoms with van der Waals surface area (Å²) in [6.45, 7) is 4.53. The molecular formula is C24H21F3N6O3. The summed E-state index contributed by atoms with van der Waals surface area (Å²) in [6, 6.07) is 8.30. The molecule has 4 aromatic rings. The van der Waals surface area contributed by atoms with E-state index in [1.807, 2.05) is 0 Å². The standard InChI is InChI=1S/C24H21F3N6O3/c1-12-21(15-4-7-17(8-5-15)24(25,26)27)22-30-18(10-20(35)33(22)32-12)16-6-9-19(28-11-16)31-23(36)13(2)29-14(3)34/h4-11,13,32H,1-3H3,(H,29,34)(H,28,31,36)/t13-/m0/s1. The van der Waals surface area contributed by atoms with Crippen molar-refractivity contribution in [3.05, 3.63) is 70.3 Å². The molecule has 0 radical (unpaired) electrons. The van der Waals surface area contributed by atoms with E-state index < -0.39 is 29.2 Å². The summed E-state index contributed by atoms with van der Waals surface area (Å²) in [4.78, 5) is 44.8. The Morgan fingerprint density at radius 2 is 1.75 bits per heavy atom. The zero-order valence-corrected chi connectivity index (χ0v) is 19.4. The Kier molecular flexibility index (Phi) is 6.35. The molecule has 1 aromatic carbocycles. The summed E-state index contributed by atoms with van der Waals surface area (Å²) in [6.07, 6.45) is -3.04. The van der Waals surface area contributed by atoms with E-state index in [2.05, 4.69) is 25.7 Å². The van der Waals surface area contributed by atoms with E-state index in [0.717, 1.165) is 12.1 Å². The van der Waals surface area contributed by atoms with Gasteiger partial charge in [0.25, 0.3) is 5.56 Å². The molecule has 186 valence electrons. The Balaban J connectivity index is 1.67. The summed E-state index contributed by atoms with van der Waals surface area (Å²) in [5.74, 6) is -0.557. The summed E-state index contributed by atoms with van der Waals surface area (Å²) in [5, 5.41) is 7.95. The van der Waals surface area contributed by atoms with E-state index >= 15 is 0 Å². The molecule has 36 heavy (non-hydrogen) atoms. The number of aryl methyl sites for hydroxylation is 1. The van der Waals surface area contributed by atoms with Crippen molar-refractivity contribution in [2.24, 2.45) is 0 Å². The van der Waals surface area contributed by atoms with Crippen LogP contribution in [0.2, 0.25) is 0 Å². The third-order valence-corrected chi connectivity index (χ3v) is 5.42. The highest BCUT2D eigenvalue weighted by atomic mass is 19.4. The van der Waals surface area contributed by atoms with Gasteiger partial charge in [-0.3, -0.25) is 19.5 Å². The molecule has 12 heteroatoms. The molecule has 0 unspecified atom stereocenters. The zero-order valence-electron chi connectivity index (χ0n) is 19.4. The largest absolute Gasteiger partial charge is 0.416 e. The van der Waals surface area contributed by atoms with Crippen LogP contribution in [0.3, 0.4) is 0 Å². The maximum absolute atomic E-state index is 13.0. The van der Waals surface area contributed by atoms with E-state index in [0.29, 0.717) is 28.1 Å². The van der Waals surface area contributed by atoms with Gasteiger partial charge < -0.3 is 10.6 Å². The molecule has 0 aliphatic rings. The molecular weight excluding hydrogens is 477 g/mol. The average Bonchev–Trinajstić information content (AvgIpc) is 3.15. The van der Waals surface area contributed by atoms with Crippen molar-refractivity contribution in [1.82, 2.24) is 24.9 Å². The number of aromatic amines is 1. The van der Waals surface area contributed by atoms with Crippen molar-refractivity contribution in [3.8, 4) is 22.4 Å². The lowest BCUT2D eigenvalue weighted by Crippen LogP contribution is -2.40. The zero-order chi connectivity index (χ0) is 26.2. The van der Waals surface area contributed by atoms with Gasteiger partial charge in [0, 0.05) is 36.0 Å². The number of fused-ring (bicyclic) bond motifs is 1. The normalized spacial score (nSPS) is 12.4. The fraction of sp³-hybridized carbons (Fsp3) is 0.208. The molecule has 0 aliphatic heterocycles. The lowest BCUT2D eigenvalue weighted by Gasteiger charge is -2.12. The minimum atomic E-state index is -4.46. The van der Waals surface area contributed by atoms with Crippen LogP contribution in [0.25, 0.3) is 28.0 Å². The highest BCUT2D eigenvalue weighted by Crippen LogP contribution is 2.33. The predicted octanol–water partition coefficient (Wildman–Crippen LogP) is 3.54. The van der Waals surface area contributed by atoms with Crippen molar-refractivity contribution >= 4 is 23.3 Å². The maximum atomic E-state index is 13.0. The molecule has 9 nitrogen and oxygen atoms in total. The van der Waals surface area contributed by atoms with Gasteiger partial charge >= 0.3 is 6.18 Å². The van der Waals surface area contributed by atoms with Gasteiger partial charge in [-0.25, -0.2) is 14.5 Å². The molecule has 4 rings (SSSR count). The van der Waals surface area contributed by atoms with Crippen molar-refractivity contribution in [1.29, 1.82) is 0 Å².